The molecule has 1 aromatic heterocycles. The molecule has 20 heavy (non-hydrogen) atoms. The fourth-order valence-corrected chi connectivity index (χ4v) is 2.86. The van der Waals surface area contributed by atoms with Crippen LogP contribution in [0.5, 0.6) is 0 Å². The van der Waals surface area contributed by atoms with Crippen molar-refractivity contribution in [3.05, 3.63) is 5.01 Å². The topological polar surface area (TPSA) is 78.4 Å². The Morgan fingerprint density at radius 1 is 1.40 bits per heavy atom. The summed E-state index contributed by atoms with van der Waals surface area (Å²) in [6, 6.07) is -0.127. The molecule has 6 nitrogen and oxygen atoms in total. The van der Waals surface area contributed by atoms with Gasteiger partial charge < -0.3 is 10.0 Å². The van der Waals surface area contributed by atoms with Crippen LogP contribution in [0.25, 0.3) is 0 Å². The number of carbonyl (C=O) groups excluding carboxylic acids is 1. The summed E-state index contributed by atoms with van der Waals surface area (Å²) in [6.45, 7) is 7.78. The summed E-state index contributed by atoms with van der Waals surface area (Å²) in [6.07, 6.45) is 1.71. The molecular weight excluding hydrogens is 276 g/mol. The molecule has 0 radical (unpaired) electrons. The summed E-state index contributed by atoms with van der Waals surface area (Å²) in [5.41, 5.74) is -0.0554. The number of aliphatic hydroxyl groups excluding tert-OH is 1. The van der Waals surface area contributed by atoms with E-state index in [1.807, 2.05) is 0 Å². The van der Waals surface area contributed by atoms with E-state index in [0.29, 0.717) is 24.1 Å². The molecule has 7 heteroatoms. The van der Waals surface area contributed by atoms with Gasteiger partial charge in [0.05, 0.1) is 0 Å². The van der Waals surface area contributed by atoms with E-state index in [-0.39, 0.29) is 18.1 Å². The van der Waals surface area contributed by atoms with Crippen LogP contribution in [0.4, 0.5) is 9.93 Å². The van der Waals surface area contributed by atoms with Gasteiger partial charge in [0.15, 0.2) is 0 Å². The normalized spacial score (nSPS) is 17.3. The molecule has 2 heterocycles. The average molecular weight is 298 g/mol. The molecule has 0 saturated carbocycles. The van der Waals surface area contributed by atoms with Crippen LogP contribution < -0.4 is 5.32 Å². The van der Waals surface area contributed by atoms with E-state index in [1.54, 1.807) is 4.90 Å². The van der Waals surface area contributed by atoms with Crippen LogP contribution in [0, 0.1) is 5.92 Å². The standard InChI is InChI=1S/C13H22N4O2S/c1-13(2,3)10-15-16-11(20-10)14-12(19)17-6-4-9(8-18)5-7-17/h9,18H,4-8H2,1-3H3,(H,14,16,19). The lowest BCUT2D eigenvalue weighted by Crippen LogP contribution is -2.41. The number of rotatable bonds is 2. The second kappa shape index (κ2) is 6.05. The maximum Gasteiger partial charge on any atom is 0.323 e. The number of aromatic nitrogens is 2. The van der Waals surface area contributed by atoms with Gasteiger partial charge in [-0.2, -0.15) is 0 Å². The number of hydrogen-bond donors (Lipinski definition) is 2. The number of nitrogens with one attached hydrogen (secondary N) is 1. The number of nitrogens with zero attached hydrogens (tertiary/aromatic N) is 3. The lowest BCUT2D eigenvalue weighted by molar-refractivity contribution is 0.143. The van der Waals surface area contributed by atoms with Crippen LogP contribution in [0.3, 0.4) is 0 Å². The summed E-state index contributed by atoms with van der Waals surface area (Å²) in [5, 5.41) is 21.5. The molecular formula is C13H22N4O2S. The predicted molar refractivity (Wildman–Crippen MR) is 79.0 cm³/mol. The quantitative estimate of drug-likeness (QED) is 0.876. The highest BCUT2D eigenvalue weighted by molar-refractivity contribution is 7.15. The molecule has 2 rings (SSSR count). The van der Waals surface area contributed by atoms with Crippen molar-refractivity contribution in [2.45, 2.75) is 39.0 Å². The average Bonchev–Trinajstić information content (AvgIpc) is 2.87. The first kappa shape index (κ1) is 15.2. The molecule has 1 aliphatic rings. The maximum absolute atomic E-state index is 12.1. The van der Waals surface area contributed by atoms with Gasteiger partial charge in [0, 0.05) is 25.1 Å². The number of aliphatic hydroxyl groups is 1. The Hall–Kier alpha value is -1.21. The predicted octanol–water partition coefficient (Wildman–Crippen LogP) is 2.07. The van der Waals surface area contributed by atoms with E-state index < -0.39 is 0 Å². The minimum Gasteiger partial charge on any atom is -0.396 e. The number of urea groups is 1. The summed E-state index contributed by atoms with van der Waals surface area (Å²) in [5.74, 6) is 0.327. The molecule has 1 aliphatic heterocycles. The Labute approximate surface area is 123 Å². The highest BCUT2D eigenvalue weighted by Gasteiger charge is 2.24. The van der Waals surface area contributed by atoms with Crippen LogP contribution in [0.1, 0.15) is 38.6 Å². The van der Waals surface area contributed by atoms with Crippen molar-refractivity contribution < 1.29 is 9.90 Å². The Morgan fingerprint density at radius 2 is 2.05 bits per heavy atom. The third-order valence-corrected chi connectivity index (χ3v) is 4.70. The molecule has 0 aromatic carbocycles. The number of anilines is 1. The third kappa shape index (κ3) is 3.67. The monoisotopic (exact) mass is 298 g/mol. The minimum absolute atomic E-state index is 0.0554. The zero-order valence-corrected chi connectivity index (χ0v) is 13.0. The van der Waals surface area contributed by atoms with Gasteiger partial charge in [-0.1, -0.05) is 32.1 Å². The van der Waals surface area contributed by atoms with Gasteiger partial charge in [0.1, 0.15) is 5.01 Å². The van der Waals surface area contributed by atoms with E-state index >= 15 is 0 Å². The van der Waals surface area contributed by atoms with Crippen LogP contribution in [0.2, 0.25) is 0 Å². The zero-order valence-electron chi connectivity index (χ0n) is 12.2. The molecule has 2 amide bonds. The van der Waals surface area contributed by atoms with Gasteiger partial charge in [-0.3, -0.25) is 5.32 Å². The van der Waals surface area contributed by atoms with Gasteiger partial charge in [-0.15, -0.1) is 10.2 Å². The van der Waals surface area contributed by atoms with Gasteiger partial charge in [-0.25, -0.2) is 4.79 Å². The SMILES string of the molecule is CC(C)(C)c1nnc(NC(=O)N2CCC(CO)CC2)s1. The lowest BCUT2D eigenvalue weighted by atomic mass is 9.98. The first-order valence-corrected chi connectivity index (χ1v) is 7.72. The molecule has 0 unspecified atom stereocenters. The van der Waals surface area contributed by atoms with Crippen LogP contribution in [-0.2, 0) is 5.41 Å². The van der Waals surface area contributed by atoms with Crippen LogP contribution in [0.15, 0.2) is 0 Å². The van der Waals surface area contributed by atoms with Gasteiger partial charge in [-0.05, 0) is 18.8 Å². The Balaban J connectivity index is 1.90. The summed E-state index contributed by atoms with van der Waals surface area (Å²) in [4.78, 5) is 13.9. The largest absolute Gasteiger partial charge is 0.396 e. The third-order valence-electron chi connectivity index (χ3n) is 3.44. The lowest BCUT2D eigenvalue weighted by Gasteiger charge is -2.30. The van der Waals surface area contributed by atoms with Crippen LogP contribution >= 0.6 is 11.3 Å². The Bertz CT molecular complexity index is 461. The molecule has 1 saturated heterocycles. The highest BCUT2D eigenvalue weighted by Crippen LogP contribution is 2.28. The van der Waals surface area contributed by atoms with E-state index in [0.717, 1.165) is 17.8 Å². The van der Waals surface area contributed by atoms with Crippen molar-refractivity contribution >= 4 is 22.5 Å². The first-order valence-electron chi connectivity index (χ1n) is 6.91. The first-order chi connectivity index (χ1) is 9.40. The fourth-order valence-electron chi connectivity index (χ4n) is 2.07. The Kier molecular flexibility index (Phi) is 4.59. The molecule has 112 valence electrons. The van der Waals surface area contributed by atoms with Crippen molar-refractivity contribution in [3.8, 4) is 0 Å². The van der Waals surface area contributed by atoms with Gasteiger partial charge >= 0.3 is 6.03 Å². The second-order valence-corrected chi connectivity index (χ2v) is 7.18. The zero-order chi connectivity index (χ0) is 14.8. The minimum atomic E-state index is -0.127. The van der Waals surface area contributed by atoms with Gasteiger partial charge in [0.2, 0.25) is 5.13 Å². The maximum atomic E-state index is 12.1. The van der Waals surface area contributed by atoms with Crippen molar-refractivity contribution in [3.63, 3.8) is 0 Å². The fraction of sp³-hybridized carbons (Fsp3) is 0.769. The molecule has 0 bridgehead atoms. The molecule has 2 N–H and O–H groups in total. The molecule has 1 aromatic rings. The van der Waals surface area contributed by atoms with Crippen molar-refractivity contribution in [1.82, 2.24) is 15.1 Å². The molecule has 0 atom stereocenters. The Morgan fingerprint density at radius 3 is 2.55 bits per heavy atom. The number of piperidine rings is 1. The second-order valence-electron chi connectivity index (χ2n) is 6.21. The number of carbonyl (C=O) groups is 1. The summed E-state index contributed by atoms with van der Waals surface area (Å²) < 4.78 is 0. The van der Waals surface area contributed by atoms with Gasteiger partial charge in [0.25, 0.3) is 0 Å². The van der Waals surface area contributed by atoms with E-state index in [4.69, 9.17) is 5.11 Å². The molecule has 1 fully saturated rings. The summed E-state index contributed by atoms with van der Waals surface area (Å²) in [7, 11) is 0. The van der Waals surface area contributed by atoms with E-state index in [2.05, 4.69) is 36.3 Å². The van der Waals surface area contributed by atoms with Crippen LogP contribution in [-0.4, -0.2) is 45.9 Å². The highest BCUT2D eigenvalue weighted by atomic mass is 32.1. The molecule has 0 aliphatic carbocycles. The number of amides is 2. The molecule has 0 spiro atoms. The van der Waals surface area contributed by atoms with Crippen molar-refractivity contribution in [1.29, 1.82) is 0 Å². The smallest absolute Gasteiger partial charge is 0.323 e. The van der Waals surface area contributed by atoms with E-state index in [1.165, 1.54) is 11.3 Å². The van der Waals surface area contributed by atoms with Crippen molar-refractivity contribution in [2.24, 2.45) is 5.92 Å². The number of hydrogen-bond acceptors (Lipinski definition) is 5. The summed E-state index contributed by atoms with van der Waals surface area (Å²) >= 11 is 1.42. The number of likely N-dealkylation sites (tertiary alicyclic amines) is 1. The van der Waals surface area contributed by atoms with E-state index in [9.17, 15) is 4.79 Å². The van der Waals surface area contributed by atoms with Crippen molar-refractivity contribution in [2.75, 3.05) is 25.0 Å².